The Kier molecular flexibility index (Phi) is 4.50. The van der Waals surface area contributed by atoms with Gasteiger partial charge in [0.05, 0.1) is 16.7 Å². The third kappa shape index (κ3) is 3.16. The first-order chi connectivity index (χ1) is 10.9. The number of aromatic nitrogens is 1. The second kappa shape index (κ2) is 6.27. The fourth-order valence-corrected chi connectivity index (χ4v) is 6.04. The molecule has 5 nitrogen and oxygen atoms in total. The maximum Gasteiger partial charge on any atom is 0.255 e. The number of rotatable bonds is 3. The van der Waals surface area contributed by atoms with Crippen LogP contribution < -0.4 is 5.32 Å². The minimum atomic E-state index is -3.66. The van der Waals surface area contributed by atoms with E-state index in [1.165, 1.54) is 27.8 Å². The molecule has 0 spiro atoms. The highest BCUT2D eigenvalue weighted by atomic mass is 32.2. The number of piperazine rings is 1. The Balaban J connectivity index is 2.03. The minimum Gasteiger partial charge on any atom is -0.313 e. The molecule has 2 heterocycles. The number of aryl methyl sites for hydroxylation is 2. The number of sulfonamides is 1. The van der Waals surface area contributed by atoms with Crippen LogP contribution in [0.4, 0.5) is 4.39 Å². The number of benzene rings is 1. The van der Waals surface area contributed by atoms with Gasteiger partial charge in [0.2, 0.25) is 0 Å². The van der Waals surface area contributed by atoms with Crippen molar-refractivity contribution in [1.29, 1.82) is 0 Å². The van der Waals surface area contributed by atoms with E-state index in [-0.39, 0.29) is 10.0 Å². The van der Waals surface area contributed by atoms with Crippen LogP contribution in [0.5, 0.6) is 0 Å². The number of nitrogens with zero attached hydrogens (tertiary/aromatic N) is 2. The van der Waals surface area contributed by atoms with Crippen LogP contribution in [0.2, 0.25) is 0 Å². The van der Waals surface area contributed by atoms with E-state index < -0.39 is 16.1 Å². The molecule has 1 fully saturated rings. The summed E-state index contributed by atoms with van der Waals surface area (Å²) in [5.41, 5.74) is 1.17. The normalized spacial score (nSPS) is 19.9. The van der Waals surface area contributed by atoms with Crippen LogP contribution >= 0.6 is 11.3 Å². The zero-order chi connectivity index (χ0) is 16.6. The molecule has 1 saturated heterocycles. The smallest absolute Gasteiger partial charge is 0.255 e. The van der Waals surface area contributed by atoms with Crippen molar-refractivity contribution < 1.29 is 12.8 Å². The molecule has 3 rings (SSSR count). The molecule has 2 aromatic rings. The molecule has 1 aliphatic rings. The van der Waals surface area contributed by atoms with E-state index in [4.69, 9.17) is 0 Å². The van der Waals surface area contributed by atoms with Gasteiger partial charge in [0.1, 0.15) is 5.82 Å². The van der Waals surface area contributed by atoms with Crippen molar-refractivity contribution in [2.75, 3.05) is 19.6 Å². The lowest BCUT2D eigenvalue weighted by Gasteiger charge is -2.35. The molecule has 0 radical (unpaired) electrons. The van der Waals surface area contributed by atoms with E-state index in [0.29, 0.717) is 30.9 Å². The van der Waals surface area contributed by atoms with Crippen molar-refractivity contribution in [2.45, 2.75) is 24.1 Å². The number of hydrogen-bond donors (Lipinski definition) is 1. The first-order valence-electron chi connectivity index (χ1n) is 7.31. The highest BCUT2D eigenvalue weighted by molar-refractivity contribution is 7.91. The topological polar surface area (TPSA) is 62.3 Å². The fourth-order valence-electron chi connectivity index (χ4n) is 2.83. The summed E-state index contributed by atoms with van der Waals surface area (Å²) < 4.78 is 41.4. The summed E-state index contributed by atoms with van der Waals surface area (Å²) in [6, 6.07) is 5.69. The van der Waals surface area contributed by atoms with Gasteiger partial charge in [-0.3, -0.25) is 0 Å². The van der Waals surface area contributed by atoms with Crippen LogP contribution in [0.1, 0.15) is 22.3 Å². The van der Waals surface area contributed by atoms with Gasteiger partial charge in [-0.05, 0) is 31.5 Å². The van der Waals surface area contributed by atoms with E-state index in [0.717, 1.165) is 5.01 Å². The van der Waals surface area contributed by atoms with Crippen molar-refractivity contribution in [3.05, 3.63) is 46.3 Å². The van der Waals surface area contributed by atoms with E-state index in [2.05, 4.69) is 10.3 Å². The van der Waals surface area contributed by atoms with E-state index in [1.54, 1.807) is 26.0 Å². The van der Waals surface area contributed by atoms with Crippen LogP contribution in [0.3, 0.4) is 0 Å². The average Bonchev–Trinajstić information content (AvgIpc) is 2.87. The predicted octanol–water partition coefficient (Wildman–Crippen LogP) is 2.23. The summed E-state index contributed by atoms with van der Waals surface area (Å²) in [6.45, 7) is 4.87. The van der Waals surface area contributed by atoms with Gasteiger partial charge in [0.15, 0.2) is 4.21 Å². The lowest BCUT2D eigenvalue weighted by atomic mass is 10.1. The number of thiazole rings is 1. The van der Waals surface area contributed by atoms with Gasteiger partial charge >= 0.3 is 0 Å². The van der Waals surface area contributed by atoms with Crippen LogP contribution in [-0.4, -0.2) is 37.3 Å². The van der Waals surface area contributed by atoms with Gasteiger partial charge in [0, 0.05) is 19.6 Å². The molecule has 1 N–H and O–H groups in total. The van der Waals surface area contributed by atoms with Crippen molar-refractivity contribution in [3.63, 3.8) is 0 Å². The highest BCUT2D eigenvalue weighted by Gasteiger charge is 2.36. The number of halogens is 1. The zero-order valence-corrected chi connectivity index (χ0v) is 14.5. The molecule has 1 aliphatic heterocycles. The molecular weight excluding hydrogens is 337 g/mol. The molecule has 8 heteroatoms. The highest BCUT2D eigenvalue weighted by Crippen LogP contribution is 2.33. The third-order valence-electron chi connectivity index (χ3n) is 3.83. The molecule has 1 atom stereocenters. The van der Waals surface area contributed by atoms with Crippen LogP contribution in [0, 0.1) is 19.7 Å². The molecule has 0 saturated carbocycles. The standard InChI is InChI=1S/C15H18FN3O2S2/c1-10-15(22-11(2)18-10)23(20,21)19-7-6-17-9-14(19)12-4-3-5-13(16)8-12/h3-5,8,14,17H,6-7,9H2,1-2H3. The van der Waals surface area contributed by atoms with Crippen molar-refractivity contribution >= 4 is 21.4 Å². The zero-order valence-electron chi connectivity index (χ0n) is 12.9. The molecule has 0 amide bonds. The quantitative estimate of drug-likeness (QED) is 0.917. The Bertz CT molecular complexity index is 820. The summed E-state index contributed by atoms with van der Waals surface area (Å²) in [4.78, 5) is 4.22. The maximum absolute atomic E-state index is 13.5. The summed E-state index contributed by atoms with van der Waals surface area (Å²) in [7, 11) is -3.66. The largest absolute Gasteiger partial charge is 0.313 e. The summed E-state index contributed by atoms with van der Waals surface area (Å²) >= 11 is 1.18. The monoisotopic (exact) mass is 355 g/mol. The third-order valence-corrected chi connectivity index (χ3v) is 7.40. The first-order valence-corrected chi connectivity index (χ1v) is 9.57. The SMILES string of the molecule is Cc1nc(C)c(S(=O)(=O)N2CCNCC2c2cccc(F)c2)s1. The molecule has 1 aromatic heterocycles. The second-order valence-electron chi connectivity index (χ2n) is 5.50. The van der Waals surface area contributed by atoms with Gasteiger partial charge in [-0.2, -0.15) is 4.31 Å². The van der Waals surface area contributed by atoms with Crippen LogP contribution in [0.25, 0.3) is 0 Å². The lowest BCUT2D eigenvalue weighted by molar-refractivity contribution is 0.271. The molecular formula is C15H18FN3O2S2. The lowest BCUT2D eigenvalue weighted by Crippen LogP contribution is -2.48. The Morgan fingerprint density at radius 3 is 2.83 bits per heavy atom. The van der Waals surface area contributed by atoms with E-state index in [9.17, 15) is 12.8 Å². The van der Waals surface area contributed by atoms with Crippen LogP contribution in [-0.2, 0) is 10.0 Å². The first kappa shape index (κ1) is 16.5. The molecule has 0 bridgehead atoms. The summed E-state index contributed by atoms with van der Waals surface area (Å²) in [6.07, 6.45) is 0. The minimum absolute atomic E-state index is 0.276. The van der Waals surface area contributed by atoms with Crippen molar-refractivity contribution in [2.24, 2.45) is 0 Å². The van der Waals surface area contributed by atoms with Gasteiger partial charge in [-0.1, -0.05) is 12.1 Å². The van der Waals surface area contributed by atoms with Crippen molar-refractivity contribution in [3.8, 4) is 0 Å². The molecule has 1 unspecified atom stereocenters. The maximum atomic E-state index is 13.5. The van der Waals surface area contributed by atoms with Gasteiger partial charge in [-0.15, -0.1) is 11.3 Å². The summed E-state index contributed by atoms with van der Waals surface area (Å²) in [5, 5.41) is 3.91. The van der Waals surface area contributed by atoms with Gasteiger partial charge in [-0.25, -0.2) is 17.8 Å². The van der Waals surface area contributed by atoms with Crippen LogP contribution in [0.15, 0.2) is 28.5 Å². The Morgan fingerprint density at radius 2 is 2.17 bits per heavy atom. The van der Waals surface area contributed by atoms with Gasteiger partial charge < -0.3 is 5.32 Å². The second-order valence-corrected chi connectivity index (χ2v) is 8.79. The molecule has 0 aliphatic carbocycles. The molecule has 23 heavy (non-hydrogen) atoms. The number of hydrogen-bond acceptors (Lipinski definition) is 5. The number of nitrogens with one attached hydrogen (secondary N) is 1. The Hall–Kier alpha value is -1.35. The molecule has 124 valence electrons. The average molecular weight is 355 g/mol. The fraction of sp³-hybridized carbons (Fsp3) is 0.400. The summed E-state index contributed by atoms with van der Waals surface area (Å²) in [5.74, 6) is -0.366. The van der Waals surface area contributed by atoms with E-state index >= 15 is 0 Å². The predicted molar refractivity (Wildman–Crippen MR) is 87.5 cm³/mol. The molecule has 1 aromatic carbocycles. The van der Waals surface area contributed by atoms with E-state index in [1.807, 2.05) is 0 Å². The van der Waals surface area contributed by atoms with Crippen molar-refractivity contribution in [1.82, 2.24) is 14.6 Å². The van der Waals surface area contributed by atoms with Gasteiger partial charge in [0.25, 0.3) is 10.0 Å². The Labute approximate surface area is 139 Å². The Morgan fingerprint density at radius 1 is 1.39 bits per heavy atom.